The predicted octanol–water partition coefficient (Wildman–Crippen LogP) is 5.34. The average molecular weight is 196 g/mol. The second kappa shape index (κ2) is 10.8. The molecule has 0 aliphatic heterocycles. The molecule has 0 aliphatic carbocycles. The van der Waals surface area contributed by atoms with E-state index in [2.05, 4.69) is 32.9 Å². The summed E-state index contributed by atoms with van der Waals surface area (Å²) in [6.45, 7) is 6.82. The van der Waals surface area contributed by atoms with Crippen molar-refractivity contribution in [2.24, 2.45) is 5.92 Å². The molecule has 0 N–H and O–H groups in total. The fraction of sp³-hybridized carbons (Fsp3) is 0.857. The van der Waals surface area contributed by atoms with Crippen LogP contribution in [-0.2, 0) is 0 Å². The van der Waals surface area contributed by atoms with E-state index in [1.807, 2.05) is 0 Å². The third-order valence-electron chi connectivity index (χ3n) is 2.50. The molecule has 0 spiro atoms. The molecule has 0 radical (unpaired) electrons. The molecule has 0 fully saturated rings. The van der Waals surface area contributed by atoms with Crippen molar-refractivity contribution in [3.63, 3.8) is 0 Å². The van der Waals surface area contributed by atoms with E-state index in [1.54, 1.807) is 0 Å². The highest BCUT2D eigenvalue weighted by atomic mass is 14.0. The summed E-state index contributed by atoms with van der Waals surface area (Å²) in [6, 6.07) is 0. The van der Waals surface area contributed by atoms with Gasteiger partial charge in [-0.15, -0.1) is 0 Å². The van der Waals surface area contributed by atoms with Gasteiger partial charge in [0, 0.05) is 0 Å². The standard InChI is InChI=1S/C14H28/c1-4-5-6-7-8-9-10-11-12-13-14(2)3/h11-12,14H,4-10,13H2,1-3H3. The molecule has 0 unspecified atom stereocenters. The molecule has 0 atom stereocenters. The molecule has 0 saturated carbocycles. The van der Waals surface area contributed by atoms with Crippen LogP contribution in [0.2, 0.25) is 0 Å². The van der Waals surface area contributed by atoms with Crippen molar-refractivity contribution in [2.45, 2.75) is 72.1 Å². The summed E-state index contributed by atoms with van der Waals surface area (Å²) in [5.74, 6) is 0.816. The van der Waals surface area contributed by atoms with Crippen molar-refractivity contribution >= 4 is 0 Å². The summed E-state index contributed by atoms with van der Waals surface area (Å²) in [5, 5.41) is 0. The third kappa shape index (κ3) is 11.7. The molecule has 0 amide bonds. The second-order valence-corrected chi connectivity index (χ2v) is 4.66. The summed E-state index contributed by atoms with van der Waals surface area (Å²) in [7, 11) is 0. The van der Waals surface area contributed by atoms with Crippen molar-refractivity contribution in [1.29, 1.82) is 0 Å². The van der Waals surface area contributed by atoms with Crippen LogP contribution in [0.5, 0.6) is 0 Å². The quantitative estimate of drug-likeness (QED) is 0.345. The monoisotopic (exact) mass is 196 g/mol. The van der Waals surface area contributed by atoms with Gasteiger partial charge >= 0.3 is 0 Å². The van der Waals surface area contributed by atoms with Crippen molar-refractivity contribution in [3.8, 4) is 0 Å². The number of hydrogen-bond acceptors (Lipinski definition) is 0. The molecular weight excluding hydrogens is 168 g/mol. The first-order valence-corrected chi connectivity index (χ1v) is 6.42. The van der Waals surface area contributed by atoms with Crippen LogP contribution in [0.3, 0.4) is 0 Å². The average Bonchev–Trinajstić information content (AvgIpc) is 2.15. The van der Waals surface area contributed by atoms with Gasteiger partial charge in [-0.25, -0.2) is 0 Å². The van der Waals surface area contributed by atoms with Gasteiger partial charge in [0.1, 0.15) is 0 Å². The molecule has 0 bridgehead atoms. The molecule has 0 aromatic heterocycles. The predicted molar refractivity (Wildman–Crippen MR) is 66.6 cm³/mol. The van der Waals surface area contributed by atoms with Crippen LogP contribution < -0.4 is 0 Å². The Morgan fingerprint density at radius 2 is 1.50 bits per heavy atom. The van der Waals surface area contributed by atoms with Crippen LogP contribution in [0.1, 0.15) is 72.1 Å². The van der Waals surface area contributed by atoms with Crippen LogP contribution >= 0.6 is 0 Å². The van der Waals surface area contributed by atoms with Gasteiger partial charge in [-0.1, -0.05) is 65.0 Å². The van der Waals surface area contributed by atoms with E-state index in [4.69, 9.17) is 0 Å². The summed E-state index contributed by atoms with van der Waals surface area (Å²) in [6.07, 6.45) is 15.7. The van der Waals surface area contributed by atoms with Gasteiger partial charge in [-0.05, 0) is 25.2 Å². The lowest BCUT2D eigenvalue weighted by Gasteiger charge is -1.98. The largest absolute Gasteiger partial charge is 0.0885 e. The Morgan fingerprint density at radius 1 is 0.857 bits per heavy atom. The van der Waals surface area contributed by atoms with Crippen LogP contribution in [-0.4, -0.2) is 0 Å². The first-order valence-electron chi connectivity index (χ1n) is 6.42. The molecule has 0 rings (SSSR count). The number of unbranched alkanes of at least 4 members (excludes halogenated alkanes) is 6. The molecule has 0 aromatic rings. The zero-order chi connectivity index (χ0) is 10.6. The van der Waals surface area contributed by atoms with Crippen molar-refractivity contribution < 1.29 is 0 Å². The minimum atomic E-state index is 0.816. The number of hydrogen-bond donors (Lipinski definition) is 0. The van der Waals surface area contributed by atoms with E-state index in [0.29, 0.717) is 0 Å². The van der Waals surface area contributed by atoms with Gasteiger partial charge in [0.15, 0.2) is 0 Å². The van der Waals surface area contributed by atoms with Gasteiger partial charge < -0.3 is 0 Å². The highest BCUT2D eigenvalue weighted by Crippen LogP contribution is 2.08. The first-order chi connectivity index (χ1) is 6.77. The van der Waals surface area contributed by atoms with Crippen molar-refractivity contribution in [3.05, 3.63) is 12.2 Å². The SMILES string of the molecule is CCCCCCCCC=CCC(C)C. The van der Waals surface area contributed by atoms with Crippen LogP contribution in [0.25, 0.3) is 0 Å². The molecule has 84 valence electrons. The Bertz CT molecular complexity index is 122. The first kappa shape index (κ1) is 13.7. The van der Waals surface area contributed by atoms with Crippen molar-refractivity contribution in [2.75, 3.05) is 0 Å². The summed E-state index contributed by atoms with van der Waals surface area (Å²) in [4.78, 5) is 0. The van der Waals surface area contributed by atoms with E-state index >= 15 is 0 Å². The summed E-state index contributed by atoms with van der Waals surface area (Å²) >= 11 is 0. The van der Waals surface area contributed by atoms with Gasteiger partial charge in [-0.3, -0.25) is 0 Å². The molecule has 0 aromatic carbocycles. The molecule has 0 heterocycles. The van der Waals surface area contributed by atoms with E-state index in [1.165, 1.54) is 51.4 Å². The van der Waals surface area contributed by atoms with Crippen LogP contribution in [0.4, 0.5) is 0 Å². The van der Waals surface area contributed by atoms with Gasteiger partial charge in [-0.2, -0.15) is 0 Å². The highest BCUT2D eigenvalue weighted by molar-refractivity contribution is 4.82. The fourth-order valence-corrected chi connectivity index (χ4v) is 1.53. The number of allylic oxidation sites excluding steroid dienone is 2. The Kier molecular flexibility index (Phi) is 10.6. The van der Waals surface area contributed by atoms with Crippen LogP contribution in [0, 0.1) is 5.92 Å². The smallest absolute Gasteiger partial charge is 0.0327 e. The number of rotatable bonds is 9. The minimum absolute atomic E-state index is 0.816. The molecule has 14 heavy (non-hydrogen) atoms. The van der Waals surface area contributed by atoms with Gasteiger partial charge in [0.05, 0.1) is 0 Å². The fourth-order valence-electron chi connectivity index (χ4n) is 1.53. The third-order valence-corrected chi connectivity index (χ3v) is 2.50. The Hall–Kier alpha value is -0.260. The zero-order valence-corrected chi connectivity index (χ0v) is 10.4. The van der Waals surface area contributed by atoms with E-state index in [-0.39, 0.29) is 0 Å². The Morgan fingerprint density at radius 3 is 2.14 bits per heavy atom. The van der Waals surface area contributed by atoms with E-state index in [0.717, 1.165) is 5.92 Å². The molecule has 0 saturated heterocycles. The molecule has 0 heteroatoms. The zero-order valence-electron chi connectivity index (χ0n) is 10.4. The second-order valence-electron chi connectivity index (χ2n) is 4.66. The highest BCUT2D eigenvalue weighted by Gasteiger charge is 1.89. The van der Waals surface area contributed by atoms with Crippen LogP contribution in [0.15, 0.2) is 12.2 Å². The van der Waals surface area contributed by atoms with E-state index < -0.39 is 0 Å². The lowest BCUT2D eigenvalue weighted by atomic mass is 10.1. The maximum absolute atomic E-state index is 2.36. The normalized spacial score (nSPS) is 11.7. The summed E-state index contributed by atoms with van der Waals surface area (Å²) in [5.41, 5.74) is 0. The minimum Gasteiger partial charge on any atom is -0.0885 e. The molecule has 0 aliphatic rings. The Labute approximate surface area is 90.8 Å². The van der Waals surface area contributed by atoms with Gasteiger partial charge in [0.25, 0.3) is 0 Å². The summed E-state index contributed by atoms with van der Waals surface area (Å²) < 4.78 is 0. The Balaban J connectivity index is 3.01. The lowest BCUT2D eigenvalue weighted by Crippen LogP contribution is -1.81. The maximum Gasteiger partial charge on any atom is -0.0327 e. The topological polar surface area (TPSA) is 0 Å². The lowest BCUT2D eigenvalue weighted by molar-refractivity contribution is 0.609. The van der Waals surface area contributed by atoms with E-state index in [9.17, 15) is 0 Å². The van der Waals surface area contributed by atoms with Gasteiger partial charge in [0.2, 0.25) is 0 Å². The molecule has 0 nitrogen and oxygen atoms in total. The molecular formula is C14H28. The van der Waals surface area contributed by atoms with Crippen molar-refractivity contribution in [1.82, 2.24) is 0 Å². The maximum atomic E-state index is 2.36.